The van der Waals surface area contributed by atoms with Gasteiger partial charge >= 0.3 is 0 Å². The predicted molar refractivity (Wildman–Crippen MR) is 52.7 cm³/mol. The Bertz CT molecular complexity index is 305. The van der Waals surface area contributed by atoms with Crippen molar-refractivity contribution in [2.24, 2.45) is 12.1 Å². The maximum atomic E-state index is 4.30. The van der Waals surface area contributed by atoms with Crippen LogP contribution in [0.5, 0.6) is 0 Å². The molecule has 0 amide bonds. The zero-order valence-corrected chi connectivity index (χ0v) is 7.82. The lowest BCUT2D eigenvalue weighted by Crippen LogP contribution is -1.97. The summed E-state index contributed by atoms with van der Waals surface area (Å²) in [6, 6.07) is 1.92. The Morgan fingerprint density at radius 1 is 1.46 bits per heavy atom. The molecular formula is C9H14N4. The van der Waals surface area contributed by atoms with Crippen molar-refractivity contribution in [2.45, 2.75) is 25.7 Å². The first-order chi connectivity index (χ1) is 6.34. The number of aromatic nitrogens is 2. The molecule has 1 saturated carbocycles. The summed E-state index contributed by atoms with van der Waals surface area (Å²) in [6.07, 6.45) is 6.74. The topological polar surface area (TPSA) is 42.2 Å². The lowest BCUT2D eigenvalue weighted by atomic mass is 10.3. The van der Waals surface area contributed by atoms with E-state index in [-0.39, 0.29) is 0 Å². The Kier molecular flexibility index (Phi) is 2.29. The van der Waals surface area contributed by atoms with Crippen LogP contribution in [-0.4, -0.2) is 15.5 Å². The molecule has 0 spiro atoms. The molecule has 0 unspecified atom stereocenters. The summed E-state index contributed by atoms with van der Waals surface area (Å²) < 4.78 is 1.76. The van der Waals surface area contributed by atoms with Crippen LogP contribution in [0.1, 0.15) is 25.7 Å². The van der Waals surface area contributed by atoms with E-state index in [2.05, 4.69) is 15.6 Å². The first-order valence-electron chi connectivity index (χ1n) is 4.66. The van der Waals surface area contributed by atoms with Crippen molar-refractivity contribution in [3.63, 3.8) is 0 Å². The highest BCUT2D eigenvalue weighted by Gasteiger charge is 2.07. The van der Waals surface area contributed by atoms with Crippen LogP contribution in [-0.2, 0) is 7.05 Å². The van der Waals surface area contributed by atoms with Crippen LogP contribution in [0.25, 0.3) is 0 Å². The number of aryl methyl sites for hydroxylation is 1. The van der Waals surface area contributed by atoms with Crippen LogP contribution >= 0.6 is 0 Å². The monoisotopic (exact) mass is 178 g/mol. The lowest BCUT2D eigenvalue weighted by molar-refractivity contribution is 0.769. The van der Waals surface area contributed by atoms with Gasteiger partial charge in [0.1, 0.15) is 0 Å². The minimum absolute atomic E-state index is 0.821. The van der Waals surface area contributed by atoms with Crippen molar-refractivity contribution in [2.75, 3.05) is 5.43 Å². The van der Waals surface area contributed by atoms with Gasteiger partial charge in [-0.05, 0) is 25.7 Å². The zero-order chi connectivity index (χ0) is 9.10. The molecule has 1 aromatic rings. The summed E-state index contributed by atoms with van der Waals surface area (Å²) >= 11 is 0. The summed E-state index contributed by atoms with van der Waals surface area (Å²) in [5.74, 6) is 0.821. The third kappa shape index (κ3) is 2.08. The molecular weight excluding hydrogens is 164 g/mol. The fraction of sp³-hybridized carbons (Fsp3) is 0.556. The van der Waals surface area contributed by atoms with Gasteiger partial charge in [0.25, 0.3) is 0 Å². The average Bonchev–Trinajstić information content (AvgIpc) is 2.71. The van der Waals surface area contributed by atoms with Gasteiger partial charge in [0.05, 0.1) is 0 Å². The summed E-state index contributed by atoms with van der Waals surface area (Å²) in [5.41, 5.74) is 4.23. The second-order valence-electron chi connectivity index (χ2n) is 3.37. The highest BCUT2D eigenvalue weighted by atomic mass is 15.4. The highest BCUT2D eigenvalue weighted by molar-refractivity contribution is 5.86. The average molecular weight is 178 g/mol. The third-order valence-corrected chi connectivity index (χ3v) is 2.22. The second kappa shape index (κ2) is 3.60. The molecule has 1 heterocycles. The van der Waals surface area contributed by atoms with Crippen LogP contribution in [0, 0.1) is 0 Å². The van der Waals surface area contributed by atoms with Gasteiger partial charge in [-0.15, -0.1) is 0 Å². The van der Waals surface area contributed by atoms with E-state index in [1.54, 1.807) is 4.68 Å². The van der Waals surface area contributed by atoms with Crippen LogP contribution in [0.2, 0.25) is 0 Å². The number of anilines is 1. The molecule has 1 N–H and O–H groups in total. The van der Waals surface area contributed by atoms with E-state index in [1.165, 1.54) is 18.6 Å². The SMILES string of the molecule is Cn1ccc(NN=C2CCCC2)n1. The normalized spacial score (nSPS) is 16.2. The van der Waals surface area contributed by atoms with E-state index in [9.17, 15) is 0 Å². The molecule has 0 aromatic carbocycles. The Morgan fingerprint density at radius 3 is 2.85 bits per heavy atom. The third-order valence-electron chi connectivity index (χ3n) is 2.22. The molecule has 0 bridgehead atoms. The van der Waals surface area contributed by atoms with Gasteiger partial charge in [0.2, 0.25) is 0 Å². The van der Waals surface area contributed by atoms with Crippen LogP contribution in [0.3, 0.4) is 0 Å². The van der Waals surface area contributed by atoms with Crippen molar-refractivity contribution in [1.82, 2.24) is 9.78 Å². The van der Waals surface area contributed by atoms with Crippen molar-refractivity contribution in [1.29, 1.82) is 0 Å². The summed E-state index contributed by atoms with van der Waals surface area (Å²) in [5, 5.41) is 8.47. The van der Waals surface area contributed by atoms with Gasteiger partial charge in [-0.2, -0.15) is 10.2 Å². The van der Waals surface area contributed by atoms with Crippen molar-refractivity contribution >= 4 is 11.5 Å². The Balaban J connectivity index is 1.95. The molecule has 1 aliphatic rings. The minimum Gasteiger partial charge on any atom is -0.274 e. The summed E-state index contributed by atoms with van der Waals surface area (Å²) in [6.45, 7) is 0. The molecule has 0 atom stereocenters. The largest absolute Gasteiger partial charge is 0.274 e. The number of rotatable bonds is 2. The molecule has 70 valence electrons. The molecule has 2 rings (SSSR count). The first kappa shape index (κ1) is 8.29. The first-order valence-corrected chi connectivity index (χ1v) is 4.66. The van der Waals surface area contributed by atoms with E-state index < -0.39 is 0 Å². The van der Waals surface area contributed by atoms with Gasteiger partial charge in [-0.1, -0.05) is 0 Å². The van der Waals surface area contributed by atoms with E-state index in [0.29, 0.717) is 0 Å². The number of hydrogen-bond acceptors (Lipinski definition) is 3. The fourth-order valence-electron chi connectivity index (χ4n) is 1.51. The van der Waals surface area contributed by atoms with Gasteiger partial charge in [-0.3, -0.25) is 10.1 Å². The van der Waals surface area contributed by atoms with Crippen LogP contribution in [0.15, 0.2) is 17.4 Å². The number of hydrogen-bond donors (Lipinski definition) is 1. The zero-order valence-electron chi connectivity index (χ0n) is 7.82. The van der Waals surface area contributed by atoms with Gasteiger partial charge in [0.15, 0.2) is 5.82 Å². The van der Waals surface area contributed by atoms with E-state index in [1.807, 2.05) is 19.3 Å². The summed E-state index contributed by atoms with van der Waals surface area (Å²) in [4.78, 5) is 0. The molecule has 0 radical (unpaired) electrons. The number of hydrazone groups is 1. The molecule has 1 aliphatic carbocycles. The predicted octanol–water partition coefficient (Wildman–Crippen LogP) is 1.76. The molecule has 0 aliphatic heterocycles. The maximum absolute atomic E-state index is 4.30. The summed E-state index contributed by atoms with van der Waals surface area (Å²) in [7, 11) is 1.90. The standard InChI is InChI=1S/C9H14N4/c1-13-7-6-9(12-13)11-10-8-4-2-3-5-8/h6-7H,2-5H2,1H3,(H,11,12). The molecule has 4 heteroatoms. The van der Waals surface area contributed by atoms with Crippen LogP contribution < -0.4 is 5.43 Å². The maximum Gasteiger partial charge on any atom is 0.168 e. The number of nitrogens with zero attached hydrogens (tertiary/aromatic N) is 3. The molecule has 1 aromatic heterocycles. The Morgan fingerprint density at radius 2 is 2.23 bits per heavy atom. The van der Waals surface area contributed by atoms with Crippen molar-refractivity contribution < 1.29 is 0 Å². The van der Waals surface area contributed by atoms with Crippen molar-refractivity contribution in [3.05, 3.63) is 12.3 Å². The molecule has 4 nitrogen and oxygen atoms in total. The molecule has 13 heavy (non-hydrogen) atoms. The Labute approximate surface area is 77.6 Å². The van der Waals surface area contributed by atoms with Gasteiger partial charge in [-0.25, -0.2) is 0 Å². The fourth-order valence-corrected chi connectivity index (χ4v) is 1.51. The van der Waals surface area contributed by atoms with Crippen LogP contribution in [0.4, 0.5) is 5.82 Å². The molecule has 0 saturated heterocycles. The van der Waals surface area contributed by atoms with E-state index in [0.717, 1.165) is 18.7 Å². The van der Waals surface area contributed by atoms with E-state index >= 15 is 0 Å². The van der Waals surface area contributed by atoms with Crippen molar-refractivity contribution in [3.8, 4) is 0 Å². The number of nitrogens with one attached hydrogen (secondary N) is 1. The quantitative estimate of drug-likeness (QED) is 0.701. The van der Waals surface area contributed by atoms with Gasteiger partial charge in [0, 0.05) is 25.0 Å². The Hall–Kier alpha value is -1.32. The minimum atomic E-state index is 0.821. The lowest BCUT2D eigenvalue weighted by Gasteiger charge is -1.96. The highest BCUT2D eigenvalue weighted by Crippen LogP contribution is 2.14. The van der Waals surface area contributed by atoms with Gasteiger partial charge < -0.3 is 0 Å². The molecule has 1 fully saturated rings. The second-order valence-corrected chi connectivity index (χ2v) is 3.37. The smallest absolute Gasteiger partial charge is 0.168 e. The van der Waals surface area contributed by atoms with E-state index in [4.69, 9.17) is 0 Å².